The van der Waals surface area contributed by atoms with E-state index in [1.807, 2.05) is 13.8 Å². The molecule has 1 aromatic heterocycles. The molecular formula is C14H19N3O4S. The number of sulfonamides is 1. The Morgan fingerprint density at radius 3 is 2.41 bits per heavy atom. The highest BCUT2D eigenvalue weighted by Gasteiger charge is 2.24. The third-order valence-electron chi connectivity index (χ3n) is 3.32. The first-order valence-corrected chi connectivity index (χ1v) is 8.25. The molecule has 0 aliphatic carbocycles. The van der Waals surface area contributed by atoms with Gasteiger partial charge in [0.25, 0.3) is 10.0 Å². The summed E-state index contributed by atoms with van der Waals surface area (Å²) in [5, 5.41) is 7.12. The largest absolute Gasteiger partial charge is 0.496 e. The number of anilines is 1. The summed E-state index contributed by atoms with van der Waals surface area (Å²) in [6.45, 7) is 7.25. The van der Waals surface area contributed by atoms with E-state index < -0.39 is 10.0 Å². The molecule has 0 unspecified atom stereocenters. The molecule has 0 saturated heterocycles. The maximum absolute atomic E-state index is 12.7. The summed E-state index contributed by atoms with van der Waals surface area (Å²) in [6, 6.07) is 3.35. The van der Waals surface area contributed by atoms with Crippen LogP contribution in [0.5, 0.6) is 5.75 Å². The molecule has 0 amide bonds. The van der Waals surface area contributed by atoms with Crippen molar-refractivity contribution >= 4 is 15.8 Å². The van der Waals surface area contributed by atoms with E-state index >= 15 is 0 Å². The van der Waals surface area contributed by atoms with Crippen LogP contribution in [-0.2, 0) is 10.0 Å². The Kier molecular flexibility index (Phi) is 4.41. The molecule has 1 heterocycles. The van der Waals surface area contributed by atoms with Gasteiger partial charge >= 0.3 is 0 Å². The number of methoxy groups -OCH3 is 1. The van der Waals surface area contributed by atoms with Crippen LogP contribution in [-0.4, -0.2) is 25.8 Å². The van der Waals surface area contributed by atoms with Crippen molar-refractivity contribution in [2.45, 2.75) is 38.5 Å². The molecule has 0 saturated carbocycles. The van der Waals surface area contributed by atoms with Crippen molar-refractivity contribution in [3.8, 4) is 5.75 Å². The second kappa shape index (κ2) is 5.96. The summed E-state index contributed by atoms with van der Waals surface area (Å²) in [6.07, 6.45) is 0. The monoisotopic (exact) mass is 325 g/mol. The van der Waals surface area contributed by atoms with Gasteiger partial charge in [0.2, 0.25) is 5.82 Å². The molecule has 0 radical (unpaired) electrons. The Bertz CT molecular complexity index is 781. The molecule has 120 valence electrons. The highest BCUT2D eigenvalue weighted by Crippen LogP contribution is 2.32. The van der Waals surface area contributed by atoms with Crippen LogP contribution in [0, 0.1) is 13.8 Å². The highest BCUT2D eigenvalue weighted by molar-refractivity contribution is 7.92. The van der Waals surface area contributed by atoms with Gasteiger partial charge in [-0.2, -0.15) is 0 Å². The summed E-state index contributed by atoms with van der Waals surface area (Å²) in [4.78, 5) is 0.197. The van der Waals surface area contributed by atoms with E-state index in [0.717, 1.165) is 5.56 Å². The van der Waals surface area contributed by atoms with E-state index in [-0.39, 0.29) is 16.6 Å². The minimum absolute atomic E-state index is 0.0117. The van der Waals surface area contributed by atoms with E-state index in [4.69, 9.17) is 4.74 Å². The number of benzene rings is 1. The van der Waals surface area contributed by atoms with E-state index in [9.17, 15) is 8.42 Å². The maximum atomic E-state index is 12.7. The second-order valence-electron chi connectivity index (χ2n) is 5.32. The SMILES string of the molecule is COc1cc(C(C)C)c(S(=O)(=O)Nc2nonc2C)cc1C. The molecule has 22 heavy (non-hydrogen) atoms. The summed E-state index contributed by atoms with van der Waals surface area (Å²) < 4.78 is 37.5. The number of hydrogen-bond donors (Lipinski definition) is 1. The third-order valence-corrected chi connectivity index (χ3v) is 4.72. The van der Waals surface area contributed by atoms with Crippen LogP contribution in [0.4, 0.5) is 5.82 Å². The van der Waals surface area contributed by atoms with Crippen LogP contribution in [0.1, 0.15) is 36.6 Å². The highest BCUT2D eigenvalue weighted by atomic mass is 32.2. The fourth-order valence-corrected chi connectivity index (χ4v) is 3.57. The number of aryl methyl sites for hydroxylation is 2. The van der Waals surface area contributed by atoms with Crippen molar-refractivity contribution in [3.05, 3.63) is 29.0 Å². The summed E-state index contributed by atoms with van der Waals surface area (Å²) in [7, 11) is -2.24. The topological polar surface area (TPSA) is 94.3 Å². The molecule has 1 N–H and O–H groups in total. The summed E-state index contributed by atoms with van der Waals surface area (Å²) in [5.41, 5.74) is 1.78. The summed E-state index contributed by atoms with van der Waals surface area (Å²) in [5.74, 6) is 0.753. The van der Waals surface area contributed by atoms with Gasteiger partial charge < -0.3 is 4.74 Å². The minimum atomic E-state index is -3.80. The number of hydrogen-bond acceptors (Lipinski definition) is 6. The van der Waals surface area contributed by atoms with Crippen molar-refractivity contribution in [2.75, 3.05) is 11.8 Å². The second-order valence-corrected chi connectivity index (χ2v) is 6.97. The Morgan fingerprint density at radius 2 is 1.91 bits per heavy atom. The average Bonchev–Trinajstić information content (AvgIpc) is 2.83. The van der Waals surface area contributed by atoms with E-state index in [2.05, 4.69) is 19.7 Å². The molecule has 0 fully saturated rings. The molecule has 7 nitrogen and oxygen atoms in total. The Morgan fingerprint density at radius 1 is 1.23 bits per heavy atom. The third kappa shape index (κ3) is 3.06. The molecular weight excluding hydrogens is 306 g/mol. The summed E-state index contributed by atoms with van der Waals surface area (Å²) >= 11 is 0. The molecule has 0 aliphatic rings. The number of rotatable bonds is 5. The number of aromatic nitrogens is 2. The molecule has 1 aromatic carbocycles. The van der Waals surface area contributed by atoms with E-state index in [1.54, 1.807) is 33.1 Å². The Labute approximate surface area is 129 Å². The van der Waals surface area contributed by atoms with Crippen molar-refractivity contribution in [1.29, 1.82) is 0 Å². The maximum Gasteiger partial charge on any atom is 0.263 e. The van der Waals surface area contributed by atoms with E-state index in [1.165, 1.54) is 0 Å². The van der Waals surface area contributed by atoms with Crippen molar-refractivity contribution < 1.29 is 17.8 Å². The van der Waals surface area contributed by atoms with Gasteiger partial charge in [-0.25, -0.2) is 13.0 Å². The first kappa shape index (κ1) is 16.3. The molecule has 8 heteroatoms. The zero-order chi connectivity index (χ0) is 16.5. The standard InChI is InChI=1S/C14H19N3O4S/c1-8(2)11-7-12(20-5)9(3)6-13(11)22(18,19)17-14-10(4)15-21-16-14/h6-8H,1-5H3,(H,16,17). The normalized spacial score (nSPS) is 11.7. The van der Waals surface area contributed by atoms with Gasteiger partial charge in [-0.15, -0.1) is 0 Å². The zero-order valence-electron chi connectivity index (χ0n) is 13.2. The van der Waals surface area contributed by atoms with Gasteiger partial charge in [0, 0.05) is 0 Å². The minimum Gasteiger partial charge on any atom is -0.496 e. The van der Waals surface area contributed by atoms with Gasteiger partial charge in [0.15, 0.2) is 0 Å². The van der Waals surface area contributed by atoms with E-state index in [0.29, 0.717) is 17.0 Å². The van der Waals surface area contributed by atoms with Crippen LogP contribution in [0.25, 0.3) is 0 Å². The molecule has 2 aromatic rings. The lowest BCUT2D eigenvalue weighted by Crippen LogP contribution is -2.17. The predicted octanol–water partition coefficient (Wildman–Crippen LogP) is 2.62. The van der Waals surface area contributed by atoms with Gasteiger partial charge in [-0.3, -0.25) is 4.72 Å². The lowest BCUT2D eigenvalue weighted by Gasteiger charge is -2.16. The molecule has 0 spiro atoms. The fraction of sp³-hybridized carbons (Fsp3) is 0.429. The van der Waals surface area contributed by atoms with Crippen molar-refractivity contribution in [3.63, 3.8) is 0 Å². The van der Waals surface area contributed by atoms with Crippen LogP contribution >= 0.6 is 0 Å². The van der Waals surface area contributed by atoms with Gasteiger partial charge in [-0.05, 0) is 48.2 Å². The number of ether oxygens (including phenoxy) is 1. The zero-order valence-corrected chi connectivity index (χ0v) is 14.0. The van der Waals surface area contributed by atoms with Crippen molar-refractivity contribution in [2.24, 2.45) is 0 Å². The fourth-order valence-electron chi connectivity index (χ4n) is 2.09. The van der Waals surface area contributed by atoms with Gasteiger partial charge in [0.05, 0.1) is 12.0 Å². The molecule has 0 atom stereocenters. The van der Waals surface area contributed by atoms with Gasteiger partial charge in [0.1, 0.15) is 11.4 Å². The quantitative estimate of drug-likeness (QED) is 0.908. The van der Waals surface area contributed by atoms with Gasteiger partial charge in [-0.1, -0.05) is 19.0 Å². The van der Waals surface area contributed by atoms with Crippen LogP contribution < -0.4 is 9.46 Å². The smallest absolute Gasteiger partial charge is 0.263 e. The van der Waals surface area contributed by atoms with Crippen LogP contribution in [0.15, 0.2) is 21.7 Å². The van der Waals surface area contributed by atoms with Crippen LogP contribution in [0.3, 0.4) is 0 Å². The average molecular weight is 325 g/mol. The Hall–Kier alpha value is -2.09. The lowest BCUT2D eigenvalue weighted by molar-refractivity contribution is 0.306. The Balaban J connectivity index is 2.55. The predicted molar refractivity (Wildman–Crippen MR) is 81.7 cm³/mol. The first-order chi connectivity index (χ1) is 10.3. The first-order valence-electron chi connectivity index (χ1n) is 6.76. The molecule has 0 aliphatic heterocycles. The van der Waals surface area contributed by atoms with Crippen LogP contribution in [0.2, 0.25) is 0 Å². The number of nitrogens with zero attached hydrogens (tertiary/aromatic N) is 2. The number of nitrogens with one attached hydrogen (secondary N) is 1. The van der Waals surface area contributed by atoms with Crippen molar-refractivity contribution in [1.82, 2.24) is 10.3 Å². The lowest BCUT2D eigenvalue weighted by atomic mass is 10.0. The molecule has 2 rings (SSSR count). The molecule has 0 bridgehead atoms.